The van der Waals surface area contributed by atoms with Gasteiger partial charge in [0.15, 0.2) is 0 Å². The van der Waals surface area contributed by atoms with Crippen molar-refractivity contribution in [1.29, 1.82) is 0 Å². The van der Waals surface area contributed by atoms with E-state index in [9.17, 15) is 0 Å². The Morgan fingerprint density at radius 2 is 2.18 bits per heavy atom. The third-order valence-electron chi connectivity index (χ3n) is 4.22. The Balaban J connectivity index is 1.84. The number of fused-ring (bicyclic) bond motifs is 1. The fourth-order valence-electron chi connectivity index (χ4n) is 3.06. The predicted octanol–water partition coefficient (Wildman–Crippen LogP) is 1.40. The van der Waals surface area contributed by atoms with Gasteiger partial charge in [-0.2, -0.15) is 0 Å². The van der Waals surface area contributed by atoms with Crippen molar-refractivity contribution in [2.24, 2.45) is 7.05 Å². The highest BCUT2D eigenvalue weighted by Gasteiger charge is 2.29. The van der Waals surface area contributed by atoms with Gasteiger partial charge in [0.2, 0.25) is 5.88 Å². The normalized spacial score (nSPS) is 18.2. The van der Waals surface area contributed by atoms with E-state index in [2.05, 4.69) is 32.5 Å². The number of rotatable bonds is 5. The largest absolute Gasteiger partial charge is 0.481 e. The Morgan fingerprint density at radius 1 is 1.32 bits per heavy atom. The molecule has 0 aliphatic carbocycles. The Hall–Kier alpha value is -1.92. The molecule has 0 aromatic carbocycles. The molecule has 1 aliphatic rings. The molecule has 0 saturated heterocycles. The first-order valence-corrected chi connectivity index (χ1v) is 7.43. The maximum atomic E-state index is 5.42. The van der Waals surface area contributed by atoms with Crippen molar-refractivity contribution in [2.45, 2.75) is 25.6 Å². The highest BCUT2D eigenvalue weighted by Crippen LogP contribution is 2.26. The number of ether oxygens (including phenoxy) is 2. The monoisotopic (exact) mass is 302 g/mol. The number of aryl methyl sites for hydroxylation is 1. The average Bonchev–Trinajstić information content (AvgIpc) is 2.89. The fourth-order valence-corrected chi connectivity index (χ4v) is 3.06. The molecule has 22 heavy (non-hydrogen) atoms. The van der Waals surface area contributed by atoms with Gasteiger partial charge in [-0.15, -0.1) is 0 Å². The summed E-state index contributed by atoms with van der Waals surface area (Å²) in [6.07, 6.45) is 4.59. The van der Waals surface area contributed by atoms with E-state index in [0.717, 1.165) is 30.8 Å². The molecule has 6 nitrogen and oxygen atoms in total. The van der Waals surface area contributed by atoms with Crippen molar-refractivity contribution >= 4 is 0 Å². The van der Waals surface area contributed by atoms with E-state index in [4.69, 9.17) is 9.47 Å². The summed E-state index contributed by atoms with van der Waals surface area (Å²) in [6.45, 7) is 2.30. The predicted molar refractivity (Wildman–Crippen MR) is 82.6 cm³/mol. The van der Waals surface area contributed by atoms with Crippen molar-refractivity contribution in [2.75, 3.05) is 20.8 Å². The van der Waals surface area contributed by atoms with Gasteiger partial charge in [0.1, 0.15) is 0 Å². The minimum atomic E-state index is 0.331. The van der Waals surface area contributed by atoms with Gasteiger partial charge in [-0.05, 0) is 6.07 Å². The number of hydrogen-bond acceptors (Lipinski definition) is 5. The molecule has 0 amide bonds. The van der Waals surface area contributed by atoms with Crippen molar-refractivity contribution < 1.29 is 9.47 Å². The quantitative estimate of drug-likeness (QED) is 0.835. The summed E-state index contributed by atoms with van der Waals surface area (Å²) in [5.74, 6) is 0.686. The molecule has 0 bridgehead atoms. The molecule has 118 valence electrons. The summed E-state index contributed by atoms with van der Waals surface area (Å²) >= 11 is 0. The summed E-state index contributed by atoms with van der Waals surface area (Å²) in [6, 6.07) is 4.33. The molecular weight excluding hydrogens is 280 g/mol. The number of pyridine rings is 1. The lowest BCUT2D eigenvalue weighted by Crippen LogP contribution is -2.43. The molecule has 2 aromatic heterocycles. The second-order valence-electron chi connectivity index (χ2n) is 5.64. The van der Waals surface area contributed by atoms with Crippen LogP contribution in [0.1, 0.15) is 17.0 Å². The first kappa shape index (κ1) is 15.0. The molecule has 0 fully saturated rings. The third kappa shape index (κ3) is 2.84. The van der Waals surface area contributed by atoms with Crippen LogP contribution in [0.25, 0.3) is 0 Å². The van der Waals surface area contributed by atoms with Gasteiger partial charge in [0.05, 0.1) is 25.7 Å². The van der Waals surface area contributed by atoms with Gasteiger partial charge in [0, 0.05) is 57.2 Å². The molecule has 1 unspecified atom stereocenters. The number of imidazole rings is 1. The molecule has 0 N–H and O–H groups in total. The average molecular weight is 302 g/mol. The molecule has 0 radical (unpaired) electrons. The van der Waals surface area contributed by atoms with Gasteiger partial charge in [-0.1, -0.05) is 6.07 Å². The fraction of sp³-hybridized carbons (Fsp3) is 0.500. The van der Waals surface area contributed by atoms with Crippen LogP contribution in [0.3, 0.4) is 0 Å². The molecule has 1 atom stereocenters. The van der Waals surface area contributed by atoms with E-state index < -0.39 is 0 Å². The molecule has 3 rings (SSSR count). The SMILES string of the molecule is COCC1Cc2c(ncn2C)CN1Cc1cccnc1OC. The lowest BCUT2D eigenvalue weighted by atomic mass is 10.0. The molecule has 6 heteroatoms. The highest BCUT2D eigenvalue weighted by molar-refractivity contribution is 5.26. The van der Waals surface area contributed by atoms with E-state index in [1.54, 1.807) is 20.4 Å². The van der Waals surface area contributed by atoms with Crippen molar-refractivity contribution in [1.82, 2.24) is 19.4 Å². The summed E-state index contributed by atoms with van der Waals surface area (Å²) in [5, 5.41) is 0. The van der Waals surface area contributed by atoms with Crippen LogP contribution in [0.4, 0.5) is 0 Å². The summed E-state index contributed by atoms with van der Waals surface area (Å²) < 4.78 is 12.9. The van der Waals surface area contributed by atoms with Crippen LogP contribution in [0.5, 0.6) is 5.88 Å². The second kappa shape index (κ2) is 6.46. The Kier molecular flexibility index (Phi) is 4.40. The number of nitrogens with zero attached hydrogens (tertiary/aromatic N) is 4. The molecule has 1 aliphatic heterocycles. The zero-order chi connectivity index (χ0) is 15.5. The van der Waals surface area contributed by atoms with Gasteiger partial charge in [0.25, 0.3) is 0 Å². The topological polar surface area (TPSA) is 52.4 Å². The maximum Gasteiger partial charge on any atom is 0.217 e. The Bertz CT molecular complexity index is 641. The first-order chi connectivity index (χ1) is 10.7. The molecular formula is C16H22N4O2. The molecule has 3 heterocycles. The zero-order valence-corrected chi connectivity index (χ0v) is 13.3. The third-order valence-corrected chi connectivity index (χ3v) is 4.22. The standard InChI is InChI=1S/C16H22N4O2/c1-19-11-18-14-9-20(13(10-21-2)7-15(14)19)8-12-5-4-6-17-16(12)22-3/h4-6,11,13H,7-10H2,1-3H3. The van der Waals surface area contributed by atoms with Gasteiger partial charge in [-0.3, -0.25) is 4.90 Å². The van der Waals surface area contributed by atoms with Crippen LogP contribution in [0.2, 0.25) is 0 Å². The van der Waals surface area contributed by atoms with Crippen molar-refractivity contribution in [3.63, 3.8) is 0 Å². The molecule has 0 saturated carbocycles. The van der Waals surface area contributed by atoms with Crippen LogP contribution in [-0.2, 0) is 31.3 Å². The maximum absolute atomic E-state index is 5.42. The van der Waals surface area contributed by atoms with E-state index in [0.29, 0.717) is 18.5 Å². The van der Waals surface area contributed by atoms with E-state index >= 15 is 0 Å². The van der Waals surface area contributed by atoms with Crippen LogP contribution >= 0.6 is 0 Å². The molecule has 2 aromatic rings. The van der Waals surface area contributed by atoms with Crippen LogP contribution in [-0.4, -0.2) is 46.3 Å². The van der Waals surface area contributed by atoms with Crippen molar-refractivity contribution in [3.8, 4) is 5.88 Å². The van der Waals surface area contributed by atoms with Crippen LogP contribution in [0, 0.1) is 0 Å². The number of methoxy groups -OCH3 is 2. The van der Waals surface area contributed by atoms with E-state index in [1.165, 1.54) is 5.69 Å². The number of hydrogen-bond donors (Lipinski definition) is 0. The number of aromatic nitrogens is 3. The van der Waals surface area contributed by atoms with Crippen LogP contribution in [0.15, 0.2) is 24.7 Å². The minimum Gasteiger partial charge on any atom is -0.481 e. The molecule has 0 spiro atoms. The van der Waals surface area contributed by atoms with E-state index in [1.807, 2.05) is 12.4 Å². The smallest absolute Gasteiger partial charge is 0.217 e. The van der Waals surface area contributed by atoms with E-state index in [-0.39, 0.29) is 0 Å². The summed E-state index contributed by atoms with van der Waals surface area (Å²) in [5.41, 5.74) is 3.54. The minimum absolute atomic E-state index is 0.331. The zero-order valence-electron chi connectivity index (χ0n) is 13.3. The Labute approximate surface area is 130 Å². The summed E-state index contributed by atoms with van der Waals surface area (Å²) in [4.78, 5) is 11.2. The lowest BCUT2D eigenvalue weighted by molar-refractivity contribution is 0.0694. The lowest BCUT2D eigenvalue weighted by Gasteiger charge is -2.35. The van der Waals surface area contributed by atoms with Gasteiger partial charge >= 0.3 is 0 Å². The second-order valence-corrected chi connectivity index (χ2v) is 5.64. The van der Waals surface area contributed by atoms with Crippen molar-refractivity contribution in [3.05, 3.63) is 41.6 Å². The summed E-state index contributed by atoms with van der Waals surface area (Å²) in [7, 11) is 5.46. The van der Waals surface area contributed by atoms with Gasteiger partial charge < -0.3 is 14.0 Å². The first-order valence-electron chi connectivity index (χ1n) is 7.43. The van der Waals surface area contributed by atoms with Gasteiger partial charge in [-0.25, -0.2) is 9.97 Å². The Morgan fingerprint density at radius 3 is 2.95 bits per heavy atom. The van der Waals surface area contributed by atoms with Crippen LogP contribution < -0.4 is 4.74 Å². The highest BCUT2D eigenvalue weighted by atomic mass is 16.5.